The Bertz CT molecular complexity index is 613. The number of benzene rings is 2. The monoisotopic (exact) mass is 289 g/mol. The molecule has 0 aliphatic rings. The summed E-state index contributed by atoms with van der Waals surface area (Å²) >= 11 is 0. The van der Waals surface area contributed by atoms with Crippen LogP contribution in [0.3, 0.4) is 0 Å². The van der Waals surface area contributed by atoms with Crippen LogP contribution in [0.5, 0.6) is 11.5 Å². The molecule has 0 heterocycles. The average Bonchev–Trinajstić information content (AvgIpc) is 2.46. The molecule has 112 valence electrons. The third-order valence-corrected chi connectivity index (χ3v) is 3.13. The van der Waals surface area contributed by atoms with Crippen molar-refractivity contribution in [1.29, 1.82) is 0 Å². The van der Waals surface area contributed by atoms with Crippen molar-refractivity contribution in [2.45, 2.75) is 26.0 Å². The number of rotatable bonds is 5. The normalized spacial score (nSPS) is 12.3. The number of halogens is 1. The summed E-state index contributed by atoms with van der Waals surface area (Å²) in [6.45, 7) is 3.91. The van der Waals surface area contributed by atoms with E-state index in [9.17, 15) is 4.39 Å². The van der Waals surface area contributed by atoms with Gasteiger partial charge in [-0.05, 0) is 37.6 Å². The lowest BCUT2D eigenvalue weighted by atomic mass is 9.99. The molecule has 0 saturated heterocycles. The molecule has 0 aliphatic carbocycles. The molecule has 4 heteroatoms. The van der Waals surface area contributed by atoms with Crippen molar-refractivity contribution in [2.75, 3.05) is 7.11 Å². The number of hydrogen-bond acceptors (Lipinski definition) is 3. The molecule has 2 aromatic rings. The lowest BCUT2D eigenvalue weighted by molar-refractivity contribution is 0.242. The number of hydrogen-bond donors (Lipinski definition) is 1. The molecule has 0 amide bonds. The minimum absolute atomic E-state index is 0.0780. The van der Waals surface area contributed by atoms with Crippen LogP contribution in [-0.4, -0.2) is 13.2 Å². The van der Waals surface area contributed by atoms with Gasteiger partial charge in [-0.1, -0.05) is 18.2 Å². The van der Waals surface area contributed by atoms with E-state index in [1.54, 1.807) is 12.1 Å². The smallest absolute Gasteiger partial charge is 0.132 e. The summed E-state index contributed by atoms with van der Waals surface area (Å²) in [4.78, 5) is 0. The van der Waals surface area contributed by atoms with Crippen molar-refractivity contribution in [3.8, 4) is 11.5 Å². The zero-order chi connectivity index (χ0) is 15.4. The highest BCUT2D eigenvalue weighted by molar-refractivity contribution is 5.39. The summed E-state index contributed by atoms with van der Waals surface area (Å²) in [5.41, 5.74) is 7.40. The SMILES string of the molecule is COc1ccc(C(N)c2cccc(OC(C)C)c2)c(F)c1. The summed E-state index contributed by atoms with van der Waals surface area (Å²) in [5.74, 6) is 0.823. The van der Waals surface area contributed by atoms with Gasteiger partial charge >= 0.3 is 0 Å². The van der Waals surface area contributed by atoms with E-state index in [2.05, 4.69) is 0 Å². The van der Waals surface area contributed by atoms with Crippen LogP contribution in [0.4, 0.5) is 4.39 Å². The molecule has 0 radical (unpaired) electrons. The van der Waals surface area contributed by atoms with Crippen molar-refractivity contribution >= 4 is 0 Å². The molecule has 2 aromatic carbocycles. The molecule has 3 nitrogen and oxygen atoms in total. The Morgan fingerprint density at radius 2 is 1.81 bits per heavy atom. The zero-order valence-electron chi connectivity index (χ0n) is 12.5. The summed E-state index contributed by atoms with van der Waals surface area (Å²) in [6, 6.07) is 11.6. The van der Waals surface area contributed by atoms with Gasteiger partial charge in [0.05, 0.1) is 19.3 Å². The first-order valence-electron chi connectivity index (χ1n) is 6.87. The molecule has 21 heavy (non-hydrogen) atoms. The first-order valence-corrected chi connectivity index (χ1v) is 6.87. The molecule has 1 atom stereocenters. The Balaban J connectivity index is 2.29. The van der Waals surface area contributed by atoms with Crippen LogP contribution in [0.2, 0.25) is 0 Å². The molecular weight excluding hydrogens is 269 g/mol. The van der Waals surface area contributed by atoms with Crippen LogP contribution in [0.1, 0.15) is 31.0 Å². The van der Waals surface area contributed by atoms with Gasteiger partial charge in [0.25, 0.3) is 0 Å². The van der Waals surface area contributed by atoms with Gasteiger partial charge < -0.3 is 15.2 Å². The van der Waals surface area contributed by atoms with Crippen LogP contribution >= 0.6 is 0 Å². The molecular formula is C17H20FNO2. The number of nitrogens with two attached hydrogens (primary N) is 1. The van der Waals surface area contributed by atoms with E-state index in [-0.39, 0.29) is 11.9 Å². The summed E-state index contributed by atoms with van der Waals surface area (Å²) < 4.78 is 24.7. The number of ether oxygens (including phenoxy) is 2. The van der Waals surface area contributed by atoms with Gasteiger partial charge in [0.1, 0.15) is 17.3 Å². The highest BCUT2D eigenvalue weighted by atomic mass is 19.1. The second-order valence-corrected chi connectivity index (χ2v) is 5.10. The Morgan fingerprint density at radius 1 is 1.05 bits per heavy atom. The standard InChI is InChI=1S/C17H20FNO2/c1-11(2)21-14-6-4-5-12(9-14)17(19)15-8-7-13(20-3)10-16(15)18/h4-11,17H,19H2,1-3H3. The maximum Gasteiger partial charge on any atom is 0.132 e. The first-order chi connectivity index (χ1) is 10.0. The van der Waals surface area contributed by atoms with E-state index in [1.807, 2.05) is 38.1 Å². The maximum absolute atomic E-state index is 14.1. The highest BCUT2D eigenvalue weighted by Gasteiger charge is 2.15. The number of methoxy groups -OCH3 is 1. The van der Waals surface area contributed by atoms with Crippen molar-refractivity contribution in [1.82, 2.24) is 0 Å². The van der Waals surface area contributed by atoms with Gasteiger partial charge in [0.15, 0.2) is 0 Å². The molecule has 0 aromatic heterocycles. The van der Waals surface area contributed by atoms with Gasteiger partial charge in [0, 0.05) is 11.6 Å². The molecule has 2 rings (SSSR count). The minimum Gasteiger partial charge on any atom is -0.497 e. The lowest BCUT2D eigenvalue weighted by Gasteiger charge is -2.16. The van der Waals surface area contributed by atoms with Gasteiger partial charge in [-0.3, -0.25) is 0 Å². The fraction of sp³-hybridized carbons (Fsp3) is 0.294. The fourth-order valence-corrected chi connectivity index (χ4v) is 2.12. The van der Waals surface area contributed by atoms with Crippen LogP contribution in [-0.2, 0) is 0 Å². The summed E-state index contributed by atoms with van der Waals surface area (Å²) in [6.07, 6.45) is 0.0780. The molecule has 0 saturated carbocycles. The zero-order valence-corrected chi connectivity index (χ0v) is 12.5. The van der Waals surface area contributed by atoms with E-state index in [4.69, 9.17) is 15.2 Å². The average molecular weight is 289 g/mol. The Kier molecular flexibility index (Phi) is 4.81. The largest absolute Gasteiger partial charge is 0.497 e. The first kappa shape index (κ1) is 15.3. The van der Waals surface area contributed by atoms with Crippen LogP contribution in [0.15, 0.2) is 42.5 Å². The molecule has 1 unspecified atom stereocenters. The van der Waals surface area contributed by atoms with E-state index >= 15 is 0 Å². The summed E-state index contributed by atoms with van der Waals surface area (Å²) in [5, 5.41) is 0. The third kappa shape index (κ3) is 3.73. The van der Waals surface area contributed by atoms with Gasteiger partial charge in [-0.25, -0.2) is 4.39 Å². The van der Waals surface area contributed by atoms with E-state index in [1.165, 1.54) is 13.2 Å². The van der Waals surface area contributed by atoms with Crippen molar-refractivity contribution in [3.05, 3.63) is 59.4 Å². The molecule has 0 bridgehead atoms. The predicted octanol–water partition coefficient (Wildman–Crippen LogP) is 3.67. The second kappa shape index (κ2) is 6.59. The maximum atomic E-state index is 14.1. The lowest BCUT2D eigenvalue weighted by Crippen LogP contribution is -2.14. The second-order valence-electron chi connectivity index (χ2n) is 5.10. The minimum atomic E-state index is -0.549. The fourth-order valence-electron chi connectivity index (χ4n) is 2.12. The van der Waals surface area contributed by atoms with Gasteiger partial charge in [-0.2, -0.15) is 0 Å². The predicted molar refractivity (Wildman–Crippen MR) is 81.2 cm³/mol. The van der Waals surface area contributed by atoms with E-state index in [0.29, 0.717) is 11.3 Å². The molecule has 0 fully saturated rings. The van der Waals surface area contributed by atoms with Gasteiger partial charge in [0.2, 0.25) is 0 Å². The van der Waals surface area contributed by atoms with Crippen molar-refractivity contribution < 1.29 is 13.9 Å². The van der Waals surface area contributed by atoms with Gasteiger partial charge in [-0.15, -0.1) is 0 Å². The quantitative estimate of drug-likeness (QED) is 0.913. The molecule has 0 spiro atoms. The third-order valence-electron chi connectivity index (χ3n) is 3.13. The topological polar surface area (TPSA) is 44.5 Å². The highest BCUT2D eigenvalue weighted by Crippen LogP contribution is 2.27. The van der Waals surface area contributed by atoms with Crippen LogP contribution in [0, 0.1) is 5.82 Å². The Hall–Kier alpha value is -2.07. The Labute approximate surface area is 124 Å². The van der Waals surface area contributed by atoms with E-state index < -0.39 is 6.04 Å². The molecule has 0 aliphatic heterocycles. The summed E-state index contributed by atoms with van der Waals surface area (Å²) in [7, 11) is 1.50. The van der Waals surface area contributed by atoms with Crippen molar-refractivity contribution in [2.24, 2.45) is 5.73 Å². The van der Waals surface area contributed by atoms with E-state index in [0.717, 1.165) is 11.3 Å². The van der Waals surface area contributed by atoms with Crippen LogP contribution in [0.25, 0.3) is 0 Å². The molecule has 2 N–H and O–H groups in total. The Morgan fingerprint density at radius 3 is 2.43 bits per heavy atom. The van der Waals surface area contributed by atoms with Crippen molar-refractivity contribution in [3.63, 3.8) is 0 Å². The van der Waals surface area contributed by atoms with Crippen LogP contribution < -0.4 is 15.2 Å².